The lowest BCUT2D eigenvalue weighted by Gasteiger charge is -2.28. The first-order valence-electron chi connectivity index (χ1n) is 10.6. The zero-order valence-electron chi connectivity index (χ0n) is 17.0. The summed E-state index contributed by atoms with van der Waals surface area (Å²) in [6, 6.07) is 0.899. The van der Waals surface area contributed by atoms with Gasteiger partial charge in [-0.15, -0.1) is 0 Å². The van der Waals surface area contributed by atoms with Crippen molar-refractivity contribution in [2.75, 3.05) is 33.7 Å². The Morgan fingerprint density at radius 3 is 2.21 bits per heavy atom. The quantitative estimate of drug-likeness (QED) is 0.719. The second-order valence-corrected chi connectivity index (χ2v) is 11.3. The summed E-state index contributed by atoms with van der Waals surface area (Å²) in [5, 5.41) is 0. The number of rotatable bonds is 6. The molecule has 24 heavy (non-hydrogen) atoms. The molecule has 4 rings (SSSR count). The Hall–Kier alpha value is -0.0800. The average molecular weight is 333 g/mol. The lowest BCUT2D eigenvalue weighted by Crippen LogP contribution is -2.33. The van der Waals surface area contributed by atoms with Gasteiger partial charge in [-0.25, -0.2) is 0 Å². The molecular formula is C22H40N2. The first-order chi connectivity index (χ1) is 11.2. The van der Waals surface area contributed by atoms with Crippen molar-refractivity contribution in [1.29, 1.82) is 0 Å². The second kappa shape index (κ2) is 5.98. The second-order valence-electron chi connectivity index (χ2n) is 11.3. The van der Waals surface area contributed by atoms with Gasteiger partial charge in [0, 0.05) is 25.7 Å². The topological polar surface area (TPSA) is 6.48 Å². The molecule has 4 fully saturated rings. The van der Waals surface area contributed by atoms with E-state index in [1.165, 1.54) is 45.3 Å². The Bertz CT molecular complexity index is 455. The average Bonchev–Trinajstić information content (AvgIpc) is 3.19. The van der Waals surface area contributed by atoms with E-state index in [-0.39, 0.29) is 0 Å². The van der Waals surface area contributed by atoms with E-state index in [0.717, 1.165) is 47.5 Å². The van der Waals surface area contributed by atoms with Crippen LogP contribution in [0.5, 0.6) is 0 Å². The Balaban J connectivity index is 1.24. The number of hydrogen-bond donors (Lipinski definition) is 0. The molecule has 2 aliphatic carbocycles. The molecule has 2 saturated carbocycles. The fraction of sp³-hybridized carbons (Fsp3) is 1.00. The van der Waals surface area contributed by atoms with Crippen LogP contribution in [-0.2, 0) is 0 Å². The van der Waals surface area contributed by atoms with E-state index >= 15 is 0 Å². The van der Waals surface area contributed by atoms with Crippen molar-refractivity contribution in [3.8, 4) is 0 Å². The van der Waals surface area contributed by atoms with Crippen LogP contribution in [0.1, 0.15) is 53.4 Å². The third kappa shape index (κ3) is 3.30. The zero-order chi connectivity index (χ0) is 17.2. The molecule has 0 radical (unpaired) electrons. The molecule has 0 amide bonds. The molecule has 2 heteroatoms. The third-order valence-corrected chi connectivity index (χ3v) is 8.01. The highest BCUT2D eigenvalue weighted by atomic mass is 15.2. The minimum Gasteiger partial charge on any atom is -0.306 e. The molecule has 0 spiro atoms. The fourth-order valence-corrected chi connectivity index (χ4v) is 6.59. The Labute approximate surface area is 150 Å². The van der Waals surface area contributed by atoms with Crippen molar-refractivity contribution in [3.63, 3.8) is 0 Å². The van der Waals surface area contributed by atoms with Gasteiger partial charge in [-0.1, -0.05) is 27.7 Å². The summed E-state index contributed by atoms with van der Waals surface area (Å²) in [5.74, 6) is 7.29. The normalized spacial score (nSPS) is 46.0. The van der Waals surface area contributed by atoms with Crippen LogP contribution in [0.2, 0.25) is 0 Å². The van der Waals surface area contributed by atoms with Gasteiger partial charge in [0.25, 0.3) is 0 Å². The minimum atomic E-state index is 0.516. The Kier molecular flexibility index (Phi) is 4.32. The monoisotopic (exact) mass is 332 g/mol. The molecule has 0 aromatic carbocycles. The van der Waals surface area contributed by atoms with Crippen LogP contribution in [0.3, 0.4) is 0 Å². The van der Waals surface area contributed by atoms with Gasteiger partial charge in [0.15, 0.2) is 0 Å². The van der Waals surface area contributed by atoms with Crippen molar-refractivity contribution in [2.24, 2.45) is 46.8 Å². The van der Waals surface area contributed by atoms with E-state index in [0.29, 0.717) is 5.41 Å². The molecule has 2 nitrogen and oxygen atoms in total. The summed E-state index contributed by atoms with van der Waals surface area (Å²) < 4.78 is 0. The summed E-state index contributed by atoms with van der Waals surface area (Å²) in [7, 11) is 4.69. The molecule has 0 aromatic rings. The van der Waals surface area contributed by atoms with Crippen molar-refractivity contribution in [1.82, 2.24) is 9.80 Å². The highest BCUT2D eigenvalue weighted by Gasteiger charge is 2.60. The van der Waals surface area contributed by atoms with E-state index in [1.807, 2.05) is 0 Å². The SMILES string of the molecule is CC(CC1C2CN(C)CC12)CC1C2C(CCC(C)(C)C)C2CN1C. The lowest BCUT2D eigenvalue weighted by atomic mass is 9.87. The van der Waals surface area contributed by atoms with Crippen molar-refractivity contribution in [3.05, 3.63) is 0 Å². The van der Waals surface area contributed by atoms with E-state index in [9.17, 15) is 0 Å². The van der Waals surface area contributed by atoms with Crippen LogP contribution in [0.4, 0.5) is 0 Å². The number of nitrogens with zero attached hydrogens (tertiary/aromatic N) is 2. The predicted octanol–water partition coefficient (Wildman–Crippen LogP) is 4.21. The maximum absolute atomic E-state index is 2.71. The van der Waals surface area contributed by atoms with Crippen molar-refractivity contribution in [2.45, 2.75) is 59.4 Å². The largest absolute Gasteiger partial charge is 0.306 e. The third-order valence-electron chi connectivity index (χ3n) is 8.01. The van der Waals surface area contributed by atoms with Gasteiger partial charge in [-0.2, -0.15) is 0 Å². The molecule has 4 aliphatic rings. The standard InChI is InChI=1S/C22H40N2/c1-14(9-16-17-11-23(5)12-18(16)17)10-20-21-15(7-8-22(2,3)4)19(21)13-24(20)6/h14-21H,7-13H2,1-6H3. The maximum atomic E-state index is 2.71. The van der Waals surface area contributed by atoms with Gasteiger partial charge < -0.3 is 9.80 Å². The van der Waals surface area contributed by atoms with Crippen molar-refractivity contribution < 1.29 is 0 Å². The number of piperidine rings is 2. The first-order valence-corrected chi connectivity index (χ1v) is 10.6. The van der Waals surface area contributed by atoms with Crippen LogP contribution in [0.25, 0.3) is 0 Å². The van der Waals surface area contributed by atoms with E-state index in [4.69, 9.17) is 0 Å². The van der Waals surface area contributed by atoms with Gasteiger partial charge in [0.05, 0.1) is 0 Å². The van der Waals surface area contributed by atoms with Gasteiger partial charge in [0.2, 0.25) is 0 Å². The minimum absolute atomic E-state index is 0.516. The first kappa shape index (κ1) is 17.3. The zero-order valence-corrected chi connectivity index (χ0v) is 17.0. The molecule has 7 atom stereocenters. The maximum Gasteiger partial charge on any atom is 0.0129 e. The summed E-state index contributed by atoms with van der Waals surface area (Å²) >= 11 is 0. The fourth-order valence-electron chi connectivity index (χ4n) is 6.59. The summed E-state index contributed by atoms with van der Waals surface area (Å²) in [5.41, 5.74) is 0.516. The molecule has 0 N–H and O–H groups in total. The highest BCUT2D eigenvalue weighted by Crippen LogP contribution is 2.60. The van der Waals surface area contributed by atoms with Gasteiger partial charge in [-0.3, -0.25) is 0 Å². The highest BCUT2D eigenvalue weighted by molar-refractivity contribution is 5.10. The van der Waals surface area contributed by atoms with Crippen LogP contribution in [-0.4, -0.2) is 49.6 Å². The molecule has 2 saturated heterocycles. The molecule has 138 valence electrons. The van der Waals surface area contributed by atoms with Crippen molar-refractivity contribution >= 4 is 0 Å². The van der Waals surface area contributed by atoms with Gasteiger partial charge in [0.1, 0.15) is 0 Å². The van der Waals surface area contributed by atoms with E-state index in [2.05, 4.69) is 51.6 Å². The molecule has 0 bridgehead atoms. The van der Waals surface area contributed by atoms with E-state index < -0.39 is 0 Å². The molecule has 2 heterocycles. The molecular weight excluding hydrogens is 292 g/mol. The lowest BCUT2D eigenvalue weighted by molar-refractivity contribution is 0.197. The number of fused-ring (bicyclic) bond motifs is 2. The van der Waals surface area contributed by atoms with Crippen LogP contribution >= 0.6 is 0 Å². The Morgan fingerprint density at radius 2 is 1.58 bits per heavy atom. The molecule has 2 aliphatic heterocycles. The smallest absolute Gasteiger partial charge is 0.0129 e. The van der Waals surface area contributed by atoms with Crippen LogP contribution < -0.4 is 0 Å². The van der Waals surface area contributed by atoms with Gasteiger partial charge >= 0.3 is 0 Å². The van der Waals surface area contributed by atoms with Crippen LogP contribution in [0.15, 0.2) is 0 Å². The summed E-state index contributed by atoms with van der Waals surface area (Å²) in [6.45, 7) is 13.9. The van der Waals surface area contributed by atoms with E-state index in [1.54, 1.807) is 0 Å². The summed E-state index contributed by atoms with van der Waals surface area (Å²) in [4.78, 5) is 5.25. The predicted molar refractivity (Wildman–Crippen MR) is 102 cm³/mol. The number of hydrogen-bond acceptors (Lipinski definition) is 2. The van der Waals surface area contributed by atoms with Crippen LogP contribution in [0, 0.1) is 46.8 Å². The summed E-state index contributed by atoms with van der Waals surface area (Å²) in [6.07, 6.45) is 5.87. The molecule has 0 aromatic heterocycles. The number of likely N-dealkylation sites (tertiary alicyclic amines) is 2. The Morgan fingerprint density at radius 1 is 0.917 bits per heavy atom. The van der Waals surface area contributed by atoms with Gasteiger partial charge in [-0.05, 0) is 86.6 Å². The molecule has 7 unspecified atom stereocenters.